The first kappa shape index (κ1) is 19.1. The third-order valence-corrected chi connectivity index (χ3v) is 4.71. The topological polar surface area (TPSA) is 76.0 Å². The van der Waals surface area contributed by atoms with E-state index in [-0.39, 0.29) is 17.6 Å². The Morgan fingerprint density at radius 3 is 2.70 bits per heavy atom. The van der Waals surface area contributed by atoms with E-state index in [1.165, 1.54) is 6.07 Å². The second-order valence-corrected chi connectivity index (χ2v) is 6.69. The van der Waals surface area contributed by atoms with Gasteiger partial charge in [-0.25, -0.2) is 9.37 Å². The molecule has 1 aromatic heterocycles. The van der Waals surface area contributed by atoms with Crippen LogP contribution in [0.5, 0.6) is 0 Å². The van der Waals surface area contributed by atoms with Crippen LogP contribution in [0.1, 0.15) is 58.6 Å². The Hall–Kier alpha value is -2.70. The van der Waals surface area contributed by atoms with E-state index < -0.39 is 0 Å². The molecular weight excluding hydrogens is 347 g/mol. The van der Waals surface area contributed by atoms with Crippen LogP contribution < -0.4 is 10.6 Å². The monoisotopic (exact) mass is 372 g/mol. The number of imidazole rings is 1. The summed E-state index contributed by atoms with van der Waals surface area (Å²) in [6.07, 6.45) is 3.90. The molecule has 1 aliphatic rings. The molecule has 0 bridgehead atoms. The molecule has 2 N–H and O–H groups in total. The first-order chi connectivity index (χ1) is 13.1. The first-order valence-electron chi connectivity index (χ1n) is 9.51. The van der Waals surface area contributed by atoms with Crippen molar-refractivity contribution in [3.63, 3.8) is 0 Å². The van der Waals surface area contributed by atoms with Gasteiger partial charge in [-0.05, 0) is 43.7 Å². The third-order valence-electron chi connectivity index (χ3n) is 4.71. The van der Waals surface area contributed by atoms with Crippen LogP contribution in [-0.4, -0.2) is 34.5 Å². The van der Waals surface area contributed by atoms with Gasteiger partial charge in [-0.2, -0.15) is 0 Å². The van der Waals surface area contributed by atoms with Gasteiger partial charge < -0.3 is 15.2 Å². The van der Waals surface area contributed by atoms with Gasteiger partial charge in [-0.3, -0.25) is 9.59 Å². The molecule has 1 aromatic carbocycles. The Morgan fingerprint density at radius 1 is 1.15 bits per heavy atom. The molecular formula is C20H25FN4O2. The van der Waals surface area contributed by atoms with Crippen molar-refractivity contribution in [1.29, 1.82) is 0 Å². The summed E-state index contributed by atoms with van der Waals surface area (Å²) in [5.41, 5.74) is 1.68. The molecule has 3 rings (SSSR count). The summed E-state index contributed by atoms with van der Waals surface area (Å²) in [6, 6.07) is 6.52. The summed E-state index contributed by atoms with van der Waals surface area (Å²) in [7, 11) is 0. The number of rotatable bonds is 7. The maximum Gasteiger partial charge on any atom is 0.287 e. The van der Waals surface area contributed by atoms with Crippen LogP contribution in [0.2, 0.25) is 0 Å². The number of carbonyl (C=O) groups is 2. The van der Waals surface area contributed by atoms with Crippen molar-refractivity contribution in [2.45, 2.75) is 45.6 Å². The summed E-state index contributed by atoms with van der Waals surface area (Å²) in [5.74, 6) is -0.532. The van der Waals surface area contributed by atoms with Gasteiger partial charge in [0.2, 0.25) is 0 Å². The highest BCUT2D eigenvalue weighted by atomic mass is 19.1. The molecule has 0 spiro atoms. The van der Waals surface area contributed by atoms with Crippen molar-refractivity contribution in [3.8, 4) is 0 Å². The lowest BCUT2D eigenvalue weighted by molar-refractivity contribution is 0.0937. The Balaban J connectivity index is 1.71. The predicted molar refractivity (Wildman–Crippen MR) is 100 cm³/mol. The molecule has 1 aliphatic heterocycles. The maximum atomic E-state index is 13.7. The Morgan fingerprint density at radius 2 is 1.93 bits per heavy atom. The fourth-order valence-corrected chi connectivity index (χ4v) is 3.31. The highest BCUT2D eigenvalue weighted by Crippen LogP contribution is 2.21. The molecule has 0 radical (unpaired) electrons. The van der Waals surface area contributed by atoms with Gasteiger partial charge in [0.25, 0.3) is 11.8 Å². The van der Waals surface area contributed by atoms with Crippen LogP contribution in [0.3, 0.4) is 0 Å². The number of amides is 2. The molecule has 6 nitrogen and oxygen atoms in total. The van der Waals surface area contributed by atoms with E-state index in [9.17, 15) is 14.0 Å². The lowest BCUT2D eigenvalue weighted by atomic mass is 10.1. The molecule has 2 aromatic rings. The van der Waals surface area contributed by atoms with E-state index in [1.54, 1.807) is 18.2 Å². The molecule has 2 heterocycles. The van der Waals surface area contributed by atoms with Crippen molar-refractivity contribution < 1.29 is 14.0 Å². The van der Waals surface area contributed by atoms with Gasteiger partial charge >= 0.3 is 0 Å². The zero-order valence-electron chi connectivity index (χ0n) is 15.6. The number of hydrogen-bond donors (Lipinski definition) is 2. The van der Waals surface area contributed by atoms with Crippen LogP contribution in [0.25, 0.3) is 0 Å². The molecule has 0 fully saturated rings. The molecule has 7 heteroatoms. The predicted octanol–water partition coefficient (Wildman–Crippen LogP) is 2.47. The largest absolute Gasteiger partial charge is 0.350 e. The van der Waals surface area contributed by atoms with Gasteiger partial charge in [-0.1, -0.05) is 25.1 Å². The lowest BCUT2D eigenvalue weighted by Crippen LogP contribution is -2.28. The quantitative estimate of drug-likeness (QED) is 0.784. The summed E-state index contributed by atoms with van der Waals surface area (Å²) >= 11 is 0. The number of hydrogen-bond acceptors (Lipinski definition) is 3. The average Bonchev–Trinajstić information content (AvgIpc) is 3.07. The fraction of sp³-hybridized carbons (Fsp3) is 0.450. The minimum Gasteiger partial charge on any atom is -0.350 e. The molecule has 144 valence electrons. The molecule has 0 saturated carbocycles. The van der Waals surface area contributed by atoms with E-state index in [0.717, 1.165) is 31.4 Å². The van der Waals surface area contributed by atoms with Crippen LogP contribution in [-0.2, 0) is 19.4 Å². The number of nitrogens with zero attached hydrogens (tertiary/aromatic N) is 2. The molecule has 0 unspecified atom stereocenters. The van der Waals surface area contributed by atoms with E-state index in [2.05, 4.69) is 15.6 Å². The van der Waals surface area contributed by atoms with Gasteiger partial charge in [0.15, 0.2) is 5.82 Å². The number of carbonyl (C=O) groups excluding carboxylic acids is 2. The van der Waals surface area contributed by atoms with E-state index in [0.29, 0.717) is 43.1 Å². The van der Waals surface area contributed by atoms with Crippen molar-refractivity contribution >= 4 is 11.8 Å². The van der Waals surface area contributed by atoms with Crippen molar-refractivity contribution in [2.75, 3.05) is 13.1 Å². The van der Waals surface area contributed by atoms with Crippen LogP contribution in [0.15, 0.2) is 24.3 Å². The molecule has 27 heavy (non-hydrogen) atoms. The first-order valence-corrected chi connectivity index (χ1v) is 9.51. The van der Waals surface area contributed by atoms with Crippen molar-refractivity contribution in [3.05, 3.63) is 52.9 Å². The second kappa shape index (κ2) is 8.79. The zero-order chi connectivity index (χ0) is 19.2. The molecule has 0 aliphatic carbocycles. The van der Waals surface area contributed by atoms with Crippen LogP contribution >= 0.6 is 0 Å². The SMILES string of the molecule is CCCNC(=O)c1nc(C(=O)NCCc2ccccc2F)c2n1CCCC2. The van der Waals surface area contributed by atoms with Gasteiger partial charge in [0.05, 0.1) is 5.69 Å². The fourth-order valence-electron chi connectivity index (χ4n) is 3.31. The number of benzene rings is 1. The summed E-state index contributed by atoms with van der Waals surface area (Å²) in [4.78, 5) is 29.4. The number of aromatic nitrogens is 2. The Bertz CT molecular complexity index is 831. The highest BCUT2D eigenvalue weighted by Gasteiger charge is 2.27. The molecule has 2 amide bonds. The number of nitrogens with one attached hydrogen (secondary N) is 2. The van der Waals surface area contributed by atoms with E-state index in [4.69, 9.17) is 0 Å². The molecule has 0 saturated heterocycles. The van der Waals surface area contributed by atoms with Crippen LogP contribution in [0.4, 0.5) is 4.39 Å². The lowest BCUT2D eigenvalue weighted by Gasteiger charge is -2.17. The summed E-state index contributed by atoms with van der Waals surface area (Å²) < 4.78 is 15.5. The standard InChI is InChI=1S/C20H25FN4O2/c1-2-11-22-20(27)18-24-17(16-9-5-6-13-25(16)18)19(26)23-12-10-14-7-3-4-8-15(14)21/h3-4,7-8H,2,5-6,9-13H2,1H3,(H,22,27)(H,23,26). The van der Waals surface area contributed by atoms with Crippen molar-refractivity contribution in [2.24, 2.45) is 0 Å². The van der Waals surface area contributed by atoms with Gasteiger partial charge in [-0.15, -0.1) is 0 Å². The number of halogens is 1. The maximum absolute atomic E-state index is 13.7. The highest BCUT2D eigenvalue weighted by molar-refractivity contribution is 5.97. The van der Waals surface area contributed by atoms with Gasteiger partial charge in [0.1, 0.15) is 11.5 Å². The smallest absolute Gasteiger partial charge is 0.287 e. The summed E-state index contributed by atoms with van der Waals surface area (Å²) in [5, 5.41) is 5.63. The average molecular weight is 372 g/mol. The van der Waals surface area contributed by atoms with Gasteiger partial charge in [0, 0.05) is 19.6 Å². The second-order valence-electron chi connectivity index (χ2n) is 6.69. The third kappa shape index (κ3) is 4.35. The van der Waals surface area contributed by atoms with Crippen molar-refractivity contribution in [1.82, 2.24) is 20.2 Å². The Kier molecular flexibility index (Phi) is 6.21. The minimum atomic E-state index is -0.313. The zero-order valence-corrected chi connectivity index (χ0v) is 15.6. The van der Waals surface area contributed by atoms with E-state index in [1.807, 2.05) is 11.5 Å². The Labute approximate surface area is 158 Å². The minimum absolute atomic E-state index is 0.245. The number of fused-ring (bicyclic) bond motifs is 1. The molecule has 0 atom stereocenters. The normalized spacial score (nSPS) is 13.1. The van der Waals surface area contributed by atoms with E-state index >= 15 is 0 Å². The summed E-state index contributed by atoms with van der Waals surface area (Å²) in [6.45, 7) is 3.56. The van der Waals surface area contributed by atoms with Crippen LogP contribution in [0, 0.1) is 5.82 Å².